The monoisotopic (exact) mass is 416 g/mol. The molecule has 0 aliphatic carbocycles. The second-order valence-corrected chi connectivity index (χ2v) is 6.89. The molecule has 2 aromatic carbocycles. The first-order chi connectivity index (χ1) is 14.4. The molecule has 0 radical (unpaired) electrons. The molecule has 1 unspecified atom stereocenters. The van der Waals surface area contributed by atoms with Crippen LogP contribution in [0, 0.1) is 11.8 Å². The van der Waals surface area contributed by atoms with Crippen LogP contribution in [0.5, 0.6) is 5.75 Å². The van der Waals surface area contributed by atoms with Crippen LogP contribution in [0.2, 0.25) is 0 Å². The molecule has 3 rings (SSSR count). The number of alkyl halides is 3. The summed E-state index contributed by atoms with van der Waals surface area (Å²) in [5.74, 6) is 6.18. The second-order valence-electron chi connectivity index (χ2n) is 6.89. The van der Waals surface area contributed by atoms with Crippen LogP contribution >= 0.6 is 0 Å². The number of carbonyl (C=O) groups excluding carboxylic acids is 1. The maximum Gasteiger partial charge on any atom is 0.416 e. The number of rotatable bonds is 4. The molecule has 2 amide bonds. The van der Waals surface area contributed by atoms with Crippen molar-refractivity contribution >= 4 is 6.03 Å². The molecule has 1 saturated heterocycles. The third kappa shape index (κ3) is 5.47. The van der Waals surface area contributed by atoms with Gasteiger partial charge >= 0.3 is 12.2 Å². The zero-order chi connectivity index (χ0) is 21.6. The van der Waals surface area contributed by atoms with Crippen LogP contribution in [0.3, 0.4) is 0 Å². The number of benzene rings is 2. The Labute approximate surface area is 174 Å². The maximum absolute atomic E-state index is 12.8. The highest BCUT2D eigenvalue weighted by atomic mass is 19.4. The number of ether oxygens (including phenoxy) is 1. The van der Waals surface area contributed by atoms with Gasteiger partial charge in [-0.1, -0.05) is 30.0 Å². The van der Waals surface area contributed by atoms with Gasteiger partial charge < -0.3 is 15.0 Å². The van der Waals surface area contributed by atoms with Gasteiger partial charge in [0.2, 0.25) is 0 Å². The van der Waals surface area contributed by atoms with E-state index in [9.17, 15) is 18.0 Å². The lowest BCUT2D eigenvalue weighted by molar-refractivity contribution is -0.137. The molecular formula is C23H23F3N2O2. The van der Waals surface area contributed by atoms with Crippen LogP contribution in [0.15, 0.2) is 48.5 Å². The van der Waals surface area contributed by atoms with Gasteiger partial charge in [0.25, 0.3) is 0 Å². The van der Waals surface area contributed by atoms with Crippen LogP contribution in [0.25, 0.3) is 0 Å². The average Bonchev–Trinajstić information content (AvgIpc) is 3.21. The predicted octanol–water partition coefficient (Wildman–Crippen LogP) is 5.00. The summed E-state index contributed by atoms with van der Waals surface area (Å²) in [6, 6.07) is 12.3. The van der Waals surface area contributed by atoms with Crippen LogP contribution in [-0.2, 0) is 6.18 Å². The Bertz CT molecular complexity index is 930. The van der Waals surface area contributed by atoms with Crippen LogP contribution in [-0.4, -0.2) is 30.6 Å². The van der Waals surface area contributed by atoms with Crippen molar-refractivity contribution < 1.29 is 22.7 Å². The van der Waals surface area contributed by atoms with E-state index in [0.717, 1.165) is 36.3 Å². The largest absolute Gasteiger partial charge is 0.494 e. The highest BCUT2D eigenvalue weighted by Crippen LogP contribution is 2.32. The maximum atomic E-state index is 12.8. The van der Waals surface area contributed by atoms with Gasteiger partial charge in [-0.3, -0.25) is 0 Å². The Morgan fingerprint density at radius 2 is 2.00 bits per heavy atom. The van der Waals surface area contributed by atoms with Crippen LogP contribution < -0.4 is 10.1 Å². The van der Waals surface area contributed by atoms with E-state index in [2.05, 4.69) is 17.2 Å². The Hall–Kier alpha value is -3.14. The van der Waals surface area contributed by atoms with E-state index in [4.69, 9.17) is 4.74 Å². The lowest BCUT2D eigenvalue weighted by atomic mass is 10.0. The van der Waals surface area contributed by atoms with Crippen molar-refractivity contribution in [1.82, 2.24) is 10.2 Å². The van der Waals surface area contributed by atoms with Crippen molar-refractivity contribution in [3.8, 4) is 17.6 Å². The molecule has 158 valence electrons. The van der Waals surface area contributed by atoms with Gasteiger partial charge in [-0.25, -0.2) is 4.79 Å². The number of urea groups is 1. The van der Waals surface area contributed by atoms with E-state index in [0.29, 0.717) is 13.2 Å². The number of halogens is 3. The number of hydrogen-bond donors (Lipinski definition) is 1. The minimum atomic E-state index is -4.41. The molecule has 30 heavy (non-hydrogen) atoms. The quantitative estimate of drug-likeness (QED) is 0.713. The molecule has 1 heterocycles. The third-order valence-electron chi connectivity index (χ3n) is 4.84. The van der Waals surface area contributed by atoms with Crippen molar-refractivity contribution in [2.75, 3.05) is 19.7 Å². The van der Waals surface area contributed by atoms with Gasteiger partial charge in [0.15, 0.2) is 0 Å². The molecular weight excluding hydrogens is 393 g/mol. The lowest BCUT2D eigenvalue weighted by Gasteiger charge is -2.25. The number of nitrogens with one attached hydrogen (secondary N) is 1. The molecule has 1 atom stereocenters. The fourth-order valence-corrected chi connectivity index (χ4v) is 3.45. The standard InChI is InChI=1S/C23H23F3N2O2/c1-2-30-20-12-10-18(11-13-20)21-9-5-15-28(21)22(29)27-14-4-7-17-6-3-8-19(16-17)23(24,25)26/h3,6,8,10-13,16,21H,2,5,9,14-15H2,1H3,(H,27,29). The van der Waals surface area contributed by atoms with Crippen LogP contribution in [0.4, 0.5) is 18.0 Å². The summed E-state index contributed by atoms with van der Waals surface area (Å²) in [5, 5.41) is 2.74. The number of hydrogen-bond acceptors (Lipinski definition) is 2. The third-order valence-corrected chi connectivity index (χ3v) is 4.84. The number of carbonyl (C=O) groups is 1. The molecule has 1 aliphatic heterocycles. The van der Waals surface area contributed by atoms with E-state index in [1.165, 1.54) is 12.1 Å². The van der Waals surface area contributed by atoms with Gasteiger partial charge in [-0.15, -0.1) is 0 Å². The Balaban J connectivity index is 1.58. The molecule has 0 spiro atoms. The zero-order valence-electron chi connectivity index (χ0n) is 16.6. The van der Waals surface area contributed by atoms with Crippen molar-refractivity contribution in [3.05, 3.63) is 65.2 Å². The molecule has 0 saturated carbocycles. The molecule has 0 bridgehead atoms. The smallest absolute Gasteiger partial charge is 0.416 e. The Kier molecular flexibility index (Phi) is 6.88. The summed E-state index contributed by atoms with van der Waals surface area (Å²) in [7, 11) is 0. The fourth-order valence-electron chi connectivity index (χ4n) is 3.45. The van der Waals surface area contributed by atoms with Gasteiger partial charge in [0.1, 0.15) is 5.75 Å². The summed E-state index contributed by atoms with van der Waals surface area (Å²) in [6.45, 7) is 3.22. The Morgan fingerprint density at radius 1 is 1.23 bits per heavy atom. The SMILES string of the molecule is CCOc1ccc(C2CCCN2C(=O)NCC#Cc2cccc(C(F)(F)F)c2)cc1. The van der Waals surface area contributed by atoms with Crippen molar-refractivity contribution in [2.45, 2.75) is 32.0 Å². The van der Waals surface area contributed by atoms with E-state index < -0.39 is 11.7 Å². The predicted molar refractivity (Wildman–Crippen MR) is 108 cm³/mol. The van der Waals surface area contributed by atoms with E-state index >= 15 is 0 Å². The summed E-state index contributed by atoms with van der Waals surface area (Å²) >= 11 is 0. The average molecular weight is 416 g/mol. The second kappa shape index (κ2) is 9.57. The number of likely N-dealkylation sites (tertiary alicyclic amines) is 1. The minimum Gasteiger partial charge on any atom is -0.494 e. The van der Waals surface area contributed by atoms with Gasteiger partial charge in [0, 0.05) is 12.1 Å². The summed E-state index contributed by atoms with van der Waals surface area (Å²) in [4.78, 5) is 14.3. The lowest BCUT2D eigenvalue weighted by Crippen LogP contribution is -2.39. The topological polar surface area (TPSA) is 41.6 Å². The van der Waals surface area contributed by atoms with Gasteiger partial charge in [-0.05, 0) is 55.7 Å². The van der Waals surface area contributed by atoms with E-state index in [1.54, 1.807) is 4.90 Å². The number of nitrogens with zero attached hydrogens (tertiary/aromatic N) is 1. The first-order valence-corrected chi connectivity index (χ1v) is 9.82. The van der Waals surface area contributed by atoms with Gasteiger partial charge in [-0.2, -0.15) is 13.2 Å². The normalized spacial score (nSPS) is 16.0. The molecule has 2 aromatic rings. The van der Waals surface area contributed by atoms with E-state index in [1.807, 2.05) is 31.2 Å². The van der Waals surface area contributed by atoms with Crippen LogP contribution in [0.1, 0.15) is 42.5 Å². The number of amides is 2. The highest BCUT2D eigenvalue weighted by molar-refractivity contribution is 5.75. The summed E-state index contributed by atoms with van der Waals surface area (Å²) in [6.07, 6.45) is -2.63. The fraction of sp³-hybridized carbons (Fsp3) is 0.348. The van der Waals surface area contributed by atoms with Crippen molar-refractivity contribution in [3.63, 3.8) is 0 Å². The molecule has 1 aliphatic rings. The van der Waals surface area contributed by atoms with Crippen molar-refractivity contribution in [1.29, 1.82) is 0 Å². The highest BCUT2D eigenvalue weighted by Gasteiger charge is 2.30. The summed E-state index contributed by atoms with van der Waals surface area (Å²) < 4.78 is 43.7. The zero-order valence-corrected chi connectivity index (χ0v) is 16.6. The molecule has 4 nitrogen and oxygen atoms in total. The first kappa shape index (κ1) is 21.6. The molecule has 7 heteroatoms. The minimum absolute atomic E-state index is 0.0166. The molecule has 1 fully saturated rings. The Morgan fingerprint density at radius 3 is 2.70 bits per heavy atom. The van der Waals surface area contributed by atoms with Gasteiger partial charge in [0.05, 0.1) is 24.8 Å². The van der Waals surface area contributed by atoms with E-state index in [-0.39, 0.29) is 24.2 Å². The molecule has 0 aromatic heterocycles. The van der Waals surface area contributed by atoms with Crippen molar-refractivity contribution in [2.24, 2.45) is 0 Å². The molecule has 1 N–H and O–H groups in total. The first-order valence-electron chi connectivity index (χ1n) is 9.82. The summed E-state index contributed by atoms with van der Waals surface area (Å²) in [5.41, 5.74) is 0.558.